The molecule has 0 aliphatic rings. The second-order valence-corrected chi connectivity index (χ2v) is 4.04. The van der Waals surface area contributed by atoms with E-state index in [0.29, 0.717) is 12.6 Å². The van der Waals surface area contributed by atoms with E-state index in [1.807, 2.05) is 49.1 Å². The third-order valence-corrected chi connectivity index (χ3v) is 2.64. The quantitative estimate of drug-likeness (QED) is 0.841. The summed E-state index contributed by atoms with van der Waals surface area (Å²) in [6.45, 7) is 5.09. The van der Waals surface area contributed by atoms with Crippen molar-refractivity contribution in [3.8, 4) is 6.01 Å². The first-order chi connectivity index (χ1) is 9.24. The molecule has 2 aromatic rings. The SMILES string of the molecule is CCOc1nc(Cl)nc(N(CC)c2ccccc2)n1. The maximum atomic E-state index is 5.91. The molecule has 0 saturated carbocycles. The average Bonchev–Trinajstić information content (AvgIpc) is 2.40. The molecule has 0 aliphatic carbocycles. The monoisotopic (exact) mass is 278 g/mol. The molecule has 100 valence electrons. The second-order valence-electron chi connectivity index (χ2n) is 3.70. The average molecular weight is 279 g/mol. The predicted octanol–water partition coefficient (Wildman–Crippen LogP) is 3.08. The molecule has 0 radical (unpaired) electrons. The van der Waals surface area contributed by atoms with Crippen molar-refractivity contribution in [2.45, 2.75) is 13.8 Å². The highest BCUT2D eigenvalue weighted by Gasteiger charge is 2.13. The highest BCUT2D eigenvalue weighted by molar-refractivity contribution is 6.28. The van der Waals surface area contributed by atoms with Crippen molar-refractivity contribution < 1.29 is 4.74 Å². The van der Waals surface area contributed by atoms with Gasteiger partial charge < -0.3 is 9.64 Å². The van der Waals surface area contributed by atoms with Gasteiger partial charge in [0.25, 0.3) is 0 Å². The Morgan fingerprint density at radius 1 is 1.11 bits per heavy atom. The number of hydrogen-bond acceptors (Lipinski definition) is 5. The fourth-order valence-electron chi connectivity index (χ4n) is 1.68. The van der Waals surface area contributed by atoms with Gasteiger partial charge in [-0.15, -0.1) is 0 Å². The van der Waals surface area contributed by atoms with Crippen molar-refractivity contribution in [1.29, 1.82) is 0 Å². The summed E-state index contributed by atoms with van der Waals surface area (Å²) < 4.78 is 5.28. The maximum absolute atomic E-state index is 5.91. The lowest BCUT2D eigenvalue weighted by Gasteiger charge is -2.20. The Kier molecular flexibility index (Phi) is 4.52. The topological polar surface area (TPSA) is 51.1 Å². The molecule has 0 aliphatic heterocycles. The molecule has 0 unspecified atom stereocenters. The molecule has 19 heavy (non-hydrogen) atoms. The summed E-state index contributed by atoms with van der Waals surface area (Å²) in [6.07, 6.45) is 0. The van der Waals surface area contributed by atoms with Gasteiger partial charge >= 0.3 is 6.01 Å². The fraction of sp³-hybridized carbons (Fsp3) is 0.308. The van der Waals surface area contributed by atoms with Crippen LogP contribution in [-0.4, -0.2) is 28.1 Å². The Bertz CT molecular complexity index is 535. The number of benzene rings is 1. The van der Waals surface area contributed by atoms with Crippen molar-refractivity contribution in [3.05, 3.63) is 35.6 Å². The molecule has 2 rings (SSSR count). The van der Waals surface area contributed by atoms with Crippen LogP contribution in [-0.2, 0) is 0 Å². The van der Waals surface area contributed by atoms with Gasteiger partial charge in [0.2, 0.25) is 11.2 Å². The summed E-state index contributed by atoms with van der Waals surface area (Å²) in [7, 11) is 0. The zero-order valence-corrected chi connectivity index (χ0v) is 11.6. The minimum atomic E-state index is 0.128. The smallest absolute Gasteiger partial charge is 0.322 e. The van der Waals surface area contributed by atoms with E-state index >= 15 is 0 Å². The van der Waals surface area contributed by atoms with E-state index in [2.05, 4.69) is 15.0 Å². The van der Waals surface area contributed by atoms with Crippen LogP contribution in [0.4, 0.5) is 11.6 Å². The van der Waals surface area contributed by atoms with Gasteiger partial charge in [0, 0.05) is 12.2 Å². The van der Waals surface area contributed by atoms with Gasteiger partial charge in [-0.1, -0.05) is 18.2 Å². The van der Waals surface area contributed by atoms with Crippen LogP contribution < -0.4 is 9.64 Å². The Morgan fingerprint density at radius 2 is 1.84 bits per heavy atom. The number of rotatable bonds is 5. The Morgan fingerprint density at radius 3 is 2.47 bits per heavy atom. The molecule has 0 amide bonds. The molecule has 0 atom stereocenters. The number of hydrogen-bond donors (Lipinski definition) is 0. The lowest BCUT2D eigenvalue weighted by Crippen LogP contribution is -2.19. The zero-order valence-electron chi connectivity index (χ0n) is 10.9. The Labute approximate surface area is 117 Å². The van der Waals surface area contributed by atoms with Gasteiger partial charge in [0.15, 0.2) is 0 Å². The van der Waals surface area contributed by atoms with E-state index < -0.39 is 0 Å². The maximum Gasteiger partial charge on any atom is 0.322 e. The van der Waals surface area contributed by atoms with E-state index in [1.165, 1.54) is 0 Å². The van der Waals surface area contributed by atoms with E-state index in [4.69, 9.17) is 16.3 Å². The Hall–Kier alpha value is -1.88. The number of para-hydroxylation sites is 1. The summed E-state index contributed by atoms with van der Waals surface area (Å²) in [6, 6.07) is 10.1. The van der Waals surface area contributed by atoms with Crippen molar-refractivity contribution in [2.24, 2.45) is 0 Å². The molecule has 5 nitrogen and oxygen atoms in total. The van der Waals surface area contributed by atoms with Gasteiger partial charge in [-0.05, 0) is 37.6 Å². The standard InChI is InChI=1S/C13H15ClN4O/c1-3-18(10-8-6-5-7-9-10)12-15-11(14)16-13(17-12)19-4-2/h5-9H,3-4H2,1-2H3. The van der Waals surface area contributed by atoms with Crippen LogP contribution in [0.25, 0.3) is 0 Å². The first-order valence-corrected chi connectivity index (χ1v) is 6.49. The minimum Gasteiger partial charge on any atom is -0.464 e. The lowest BCUT2D eigenvalue weighted by molar-refractivity contribution is 0.311. The first kappa shape index (κ1) is 13.5. The molecule has 0 spiro atoms. The zero-order chi connectivity index (χ0) is 13.7. The van der Waals surface area contributed by atoms with Crippen LogP contribution in [0.5, 0.6) is 6.01 Å². The van der Waals surface area contributed by atoms with Crippen molar-refractivity contribution >= 4 is 23.2 Å². The van der Waals surface area contributed by atoms with Crippen LogP contribution in [0.2, 0.25) is 5.28 Å². The summed E-state index contributed by atoms with van der Waals surface area (Å²) in [5.41, 5.74) is 0.995. The van der Waals surface area contributed by atoms with Gasteiger partial charge in [0.05, 0.1) is 6.61 Å². The van der Waals surface area contributed by atoms with Crippen LogP contribution in [0, 0.1) is 0 Å². The van der Waals surface area contributed by atoms with Gasteiger partial charge in [0.1, 0.15) is 0 Å². The third kappa shape index (κ3) is 3.32. The van der Waals surface area contributed by atoms with Gasteiger partial charge in [-0.3, -0.25) is 0 Å². The number of anilines is 2. The molecular weight excluding hydrogens is 264 g/mol. The third-order valence-electron chi connectivity index (χ3n) is 2.47. The van der Waals surface area contributed by atoms with Crippen LogP contribution in [0.1, 0.15) is 13.8 Å². The van der Waals surface area contributed by atoms with Gasteiger partial charge in [-0.25, -0.2) is 0 Å². The lowest BCUT2D eigenvalue weighted by atomic mass is 10.3. The van der Waals surface area contributed by atoms with Crippen LogP contribution >= 0.6 is 11.6 Å². The van der Waals surface area contributed by atoms with Crippen molar-refractivity contribution in [3.63, 3.8) is 0 Å². The minimum absolute atomic E-state index is 0.128. The predicted molar refractivity (Wildman–Crippen MR) is 75.1 cm³/mol. The number of nitrogens with zero attached hydrogens (tertiary/aromatic N) is 4. The molecule has 1 aromatic carbocycles. The molecule has 0 fully saturated rings. The molecule has 1 aromatic heterocycles. The molecule has 6 heteroatoms. The molecular formula is C13H15ClN4O. The summed E-state index contributed by atoms with van der Waals surface area (Å²) >= 11 is 5.91. The number of ether oxygens (including phenoxy) is 1. The van der Waals surface area contributed by atoms with E-state index in [0.717, 1.165) is 12.2 Å². The van der Waals surface area contributed by atoms with Crippen molar-refractivity contribution in [2.75, 3.05) is 18.1 Å². The molecule has 0 bridgehead atoms. The number of halogens is 1. The normalized spacial score (nSPS) is 10.3. The van der Waals surface area contributed by atoms with Crippen LogP contribution in [0.15, 0.2) is 30.3 Å². The van der Waals surface area contributed by atoms with Gasteiger partial charge in [-0.2, -0.15) is 15.0 Å². The number of aromatic nitrogens is 3. The highest BCUT2D eigenvalue weighted by atomic mass is 35.5. The second kappa shape index (κ2) is 6.33. The summed E-state index contributed by atoms with van der Waals surface area (Å²) in [5, 5.41) is 0.128. The molecule has 1 heterocycles. The Balaban J connectivity index is 2.38. The largest absolute Gasteiger partial charge is 0.464 e. The molecule has 0 saturated heterocycles. The van der Waals surface area contributed by atoms with E-state index in [1.54, 1.807) is 0 Å². The van der Waals surface area contributed by atoms with Crippen LogP contribution in [0.3, 0.4) is 0 Å². The van der Waals surface area contributed by atoms with Crippen molar-refractivity contribution in [1.82, 2.24) is 15.0 Å². The first-order valence-electron chi connectivity index (χ1n) is 6.11. The molecule has 0 N–H and O–H groups in total. The van der Waals surface area contributed by atoms with E-state index in [9.17, 15) is 0 Å². The summed E-state index contributed by atoms with van der Waals surface area (Å²) in [4.78, 5) is 14.3. The highest BCUT2D eigenvalue weighted by Crippen LogP contribution is 2.23. The van der Waals surface area contributed by atoms with E-state index in [-0.39, 0.29) is 11.3 Å². The fourth-order valence-corrected chi connectivity index (χ4v) is 1.83. The summed E-state index contributed by atoms with van der Waals surface area (Å²) in [5.74, 6) is 0.483.